The lowest BCUT2D eigenvalue weighted by atomic mass is 10.0. The van der Waals surface area contributed by atoms with Gasteiger partial charge in [-0.2, -0.15) is 0 Å². The second-order valence-electron chi connectivity index (χ2n) is 24.1. The highest BCUT2D eigenvalue weighted by atomic mass is 31.2. The Morgan fingerprint density at radius 1 is 0.367 bits per heavy atom. The van der Waals surface area contributed by atoms with Crippen molar-refractivity contribution in [2.24, 2.45) is 5.73 Å². The standard InChI is InChI=1S/C69H136NO8P/c1-3-5-7-9-11-13-15-17-19-21-23-25-27-29-31-32-33-34-36-38-40-42-44-46-48-50-52-54-56-58-60-62-69(72)78-67(66-77-79(73,74)76-64-63-70)65-75-68(71)61-59-57-55-53-51-49-47-45-43-41-39-37-35-30-28-26-24-22-20-18-16-14-12-10-8-6-4-2/h21,23,67H,3-20,22,24-66,70H2,1-2H3,(H,73,74)/b23-21-. The Morgan fingerprint density at radius 2 is 0.620 bits per heavy atom. The van der Waals surface area contributed by atoms with Gasteiger partial charge in [-0.1, -0.05) is 347 Å². The van der Waals surface area contributed by atoms with E-state index < -0.39 is 26.5 Å². The lowest BCUT2D eigenvalue weighted by Gasteiger charge is -2.19. The molecule has 470 valence electrons. The van der Waals surface area contributed by atoms with Crippen molar-refractivity contribution in [2.75, 3.05) is 26.4 Å². The van der Waals surface area contributed by atoms with Crippen LogP contribution < -0.4 is 5.73 Å². The topological polar surface area (TPSA) is 134 Å². The summed E-state index contributed by atoms with van der Waals surface area (Å²) in [5, 5.41) is 0. The van der Waals surface area contributed by atoms with Crippen molar-refractivity contribution in [3.63, 3.8) is 0 Å². The number of carbonyl (C=O) groups excluding carboxylic acids is 2. The fourth-order valence-electron chi connectivity index (χ4n) is 10.9. The van der Waals surface area contributed by atoms with Crippen LogP contribution in [0.2, 0.25) is 0 Å². The van der Waals surface area contributed by atoms with Crippen LogP contribution in [0.5, 0.6) is 0 Å². The highest BCUT2D eigenvalue weighted by Crippen LogP contribution is 2.43. The highest BCUT2D eigenvalue weighted by molar-refractivity contribution is 7.47. The van der Waals surface area contributed by atoms with Gasteiger partial charge in [0.1, 0.15) is 6.61 Å². The summed E-state index contributed by atoms with van der Waals surface area (Å²) in [6, 6.07) is 0. The second-order valence-corrected chi connectivity index (χ2v) is 25.6. The number of ether oxygens (including phenoxy) is 2. The number of hydrogen-bond donors (Lipinski definition) is 2. The van der Waals surface area contributed by atoms with Gasteiger partial charge in [-0.25, -0.2) is 4.57 Å². The third kappa shape index (κ3) is 65.8. The Balaban J connectivity index is 3.81. The van der Waals surface area contributed by atoms with Gasteiger partial charge in [0.05, 0.1) is 13.2 Å². The third-order valence-electron chi connectivity index (χ3n) is 16.2. The van der Waals surface area contributed by atoms with Gasteiger partial charge < -0.3 is 20.1 Å². The number of rotatable bonds is 68. The molecule has 79 heavy (non-hydrogen) atoms. The first kappa shape index (κ1) is 77.8. The molecule has 0 aromatic heterocycles. The fraction of sp³-hybridized carbons (Fsp3) is 0.942. The summed E-state index contributed by atoms with van der Waals surface area (Å²) >= 11 is 0. The van der Waals surface area contributed by atoms with Crippen LogP contribution in [0.1, 0.15) is 386 Å². The number of phosphoric acid groups is 1. The number of phosphoric ester groups is 1. The monoisotopic (exact) mass is 1140 g/mol. The van der Waals surface area contributed by atoms with E-state index in [0.717, 1.165) is 32.1 Å². The summed E-state index contributed by atoms with van der Waals surface area (Å²) < 4.78 is 33.2. The van der Waals surface area contributed by atoms with E-state index in [0.29, 0.717) is 6.42 Å². The Bertz CT molecular complexity index is 1300. The highest BCUT2D eigenvalue weighted by Gasteiger charge is 2.26. The quantitative estimate of drug-likeness (QED) is 0.0264. The zero-order chi connectivity index (χ0) is 57.3. The minimum absolute atomic E-state index is 0.0578. The molecule has 0 saturated heterocycles. The molecular weight excluding hydrogens is 1000 g/mol. The summed E-state index contributed by atoms with van der Waals surface area (Å²) in [5.41, 5.74) is 5.40. The van der Waals surface area contributed by atoms with Gasteiger partial charge >= 0.3 is 19.8 Å². The van der Waals surface area contributed by atoms with E-state index in [1.165, 1.54) is 321 Å². The molecule has 0 heterocycles. The van der Waals surface area contributed by atoms with Crippen molar-refractivity contribution in [3.8, 4) is 0 Å². The molecule has 2 atom stereocenters. The summed E-state index contributed by atoms with van der Waals surface area (Å²) in [6.07, 6.45) is 78.9. The number of allylic oxidation sites excluding steroid dienone is 2. The second kappa shape index (κ2) is 65.9. The van der Waals surface area contributed by atoms with Crippen LogP contribution in [-0.4, -0.2) is 49.3 Å². The van der Waals surface area contributed by atoms with Crippen molar-refractivity contribution < 1.29 is 37.6 Å². The predicted molar refractivity (Wildman–Crippen MR) is 340 cm³/mol. The SMILES string of the molecule is CCCCCCCCCC/C=C\CCCCCCCCCCCCCCCCCCCCCC(=O)OC(COC(=O)CCCCCCCCCCCCCCCCCCCCCCCCCCCCC)COP(=O)(O)OCCN. The first-order valence-corrected chi connectivity index (χ1v) is 36.7. The lowest BCUT2D eigenvalue weighted by molar-refractivity contribution is -0.161. The molecule has 3 N–H and O–H groups in total. The molecule has 0 saturated carbocycles. The van der Waals surface area contributed by atoms with E-state index in [-0.39, 0.29) is 38.6 Å². The van der Waals surface area contributed by atoms with Gasteiger partial charge in [0.15, 0.2) is 6.10 Å². The number of carbonyl (C=O) groups is 2. The molecule has 0 rings (SSSR count). The Labute approximate surface area is 491 Å². The average Bonchev–Trinajstić information content (AvgIpc) is 3.44. The maximum absolute atomic E-state index is 12.8. The summed E-state index contributed by atoms with van der Waals surface area (Å²) in [5.74, 6) is -0.800. The Hall–Kier alpha value is -1.25. The van der Waals surface area contributed by atoms with Gasteiger partial charge in [0.2, 0.25) is 0 Å². The maximum atomic E-state index is 12.8. The van der Waals surface area contributed by atoms with Crippen LogP contribution >= 0.6 is 7.82 Å². The third-order valence-corrected chi connectivity index (χ3v) is 17.1. The molecule has 0 aromatic carbocycles. The number of hydrogen-bond acceptors (Lipinski definition) is 8. The smallest absolute Gasteiger partial charge is 0.462 e. The average molecular weight is 1140 g/mol. The molecule has 0 aromatic rings. The van der Waals surface area contributed by atoms with Crippen LogP contribution in [-0.2, 0) is 32.7 Å². The normalized spacial score (nSPS) is 12.9. The summed E-state index contributed by atoms with van der Waals surface area (Å²) in [7, 11) is -4.39. The number of esters is 2. The molecule has 0 fully saturated rings. The van der Waals surface area contributed by atoms with Crippen LogP contribution in [0, 0.1) is 0 Å². The summed E-state index contributed by atoms with van der Waals surface area (Å²) in [4.78, 5) is 35.3. The van der Waals surface area contributed by atoms with Crippen molar-refractivity contribution in [2.45, 2.75) is 392 Å². The molecule has 10 heteroatoms. The van der Waals surface area contributed by atoms with E-state index in [9.17, 15) is 19.0 Å². The van der Waals surface area contributed by atoms with Gasteiger partial charge in [-0.3, -0.25) is 18.6 Å². The molecule has 0 aliphatic heterocycles. The van der Waals surface area contributed by atoms with E-state index in [2.05, 4.69) is 26.0 Å². The van der Waals surface area contributed by atoms with Crippen molar-refractivity contribution in [3.05, 3.63) is 12.2 Å². The lowest BCUT2D eigenvalue weighted by Crippen LogP contribution is -2.29. The minimum atomic E-state index is -4.39. The van der Waals surface area contributed by atoms with Crippen molar-refractivity contribution in [1.82, 2.24) is 0 Å². The van der Waals surface area contributed by atoms with Crippen LogP contribution in [0.15, 0.2) is 12.2 Å². The number of nitrogens with two attached hydrogens (primary N) is 1. The van der Waals surface area contributed by atoms with E-state index >= 15 is 0 Å². The fourth-order valence-corrected chi connectivity index (χ4v) is 11.7. The molecule has 0 spiro atoms. The Morgan fingerprint density at radius 3 is 0.899 bits per heavy atom. The molecule has 0 aliphatic rings. The minimum Gasteiger partial charge on any atom is -0.462 e. The maximum Gasteiger partial charge on any atom is 0.472 e. The van der Waals surface area contributed by atoms with Gasteiger partial charge in [-0.15, -0.1) is 0 Å². The molecule has 0 bridgehead atoms. The van der Waals surface area contributed by atoms with E-state index in [1.807, 2.05) is 0 Å². The first-order valence-electron chi connectivity index (χ1n) is 35.2. The molecule has 0 amide bonds. The van der Waals surface area contributed by atoms with Crippen LogP contribution in [0.25, 0.3) is 0 Å². The van der Waals surface area contributed by atoms with Crippen LogP contribution in [0.3, 0.4) is 0 Å². The molecular formula is C69H136NO8P. The molecule has 2 unspecified atom stereocenters. The van der Waals surface area contributed by atoms with E-state index in [1.54, 1.807) is 0 Å². The molecule has 0 radical (unpaired) electrons. The summed E-state index contributed by atoms with van der Waals surface area (Å²) in [6.45, 7) is 3.84. The Kier molecular flexibility index (Phi) is 64.9. The van der Waals surface area contributed by atoms with Gasteiger partial charge in [-0.05, 0) is 38.5 Å². The number of unbranched alkanes of at least 4 members (excludes halogenated alkanes) is 53. The van der Waals surface area contributed by atoms with Crippen molar-refractivity contribution in [1.29, 1.82) is 0 Å². The van der Waals surface area contributed by atoms with Gasteiger partial charge in [0.25, 0.3) is 0 Å². The predicted octanol–water partition coefficient (Wildman–Crippen LogP) is 22.8. The van der Waals surface area contributed by atoms with Crippen LogP contribution in [0.4, 0.5) is 0 Å². The zero-order valence-electron chi connectivity index (χ0n) is 52.9. The molecule has 9 nitrogen and oxygen atoms in total. The molecule has 0 aliphatic carbocycles. The first-order chi connectivity index (χ1) is 38.8. The van der Waals surface area contributed by atoms with Crippen molar-refractivity contribution >= 4 is 19.8 Å². The van der Waals surface area contributed by atoms with Gasteiger partial charge in [0, 0.05) is 19.4 Å². The zero-order valence-corrected chi connectivity index (χ0v) is 53.8. The van der Waals surface area contributed by atoms with E-state index in [4.69, 9.17) is 24.3 Å². The largest absolute Gasteiger partial charge is 0.472 e.